The van der Waals surface area contributed by atoms with Gasteiger partial charge in [-0.15, -0.1) is 0 Å². The number of nitrogens with one attached hydrogen (secondary N) is 1. The number of anilines is 1. The van der Waals surface area contributed by atoms with Gasteiger partial charge >= 0.3 is 0 Å². The van der Waals surface area contributed by atoms with Crippen LogP contribution in [0.5, 0.6) is 5.75 Å². The van der Waals surface area contributed by atoms with Gasteiger partial charge in [0.25, 0.3) is 10.0 Å². The van der Waals surface area contributed by atoms with E-state index in [0.29, 0.717) is 11.3 Å². The zero-order chi connectivity index (χ0) is 33.4. The molecule has 0 bridgehead atoms. The first kappa shape index (κ1) is 33.7. The molecule has 2 amide bonds. The van der Waals surface area contributed by atoms with Gasteiger partial charge in [-0.1, -0.05) is 79.1 Å². The van der Waals surface area contributed by atoms with Crippen molar-refractivity contribution in [2.45, 2.75) is 62.6 Å². The van der Waals surface area contributed by atoms with Crippen LogP contribution in [0.15, 0.2) is 108 Å². The minimum Gasteiger partial charge on any atom is -0.497 e. The van der Waals surface area contributed by atoms with E-state index in [4.69, 9.17) is 4.74 Å². The smallest absolute Gasteiger partial charge is 0.264 e. The number of hydrogen-bond acceptors (Lipinski definition) is 5. The second-order valence-electron chi connectivity index (χ2n) is 11.9. The first-order valence-corrected chi connectivity index (χ1v) is 17.2. The summed E-state index contributed by atoms with van der Waals surface area (Å²) in [6.07, 6.45) is 3.94. The van der Waals surface area contributed by atoms with Crippen molar-refractivity contribution >= 4 is 27.5 Å². The van der Waals surface area contributed by atoms with E-state index in [0.717, 1.165) is 41.1 Å². The summed E-state index contributed by atoms with van der Waals surface area (Å²) in [7, 11) is -2.77. The van der Waals surface area contributed by atoms with E-state index >= 15 is 0 Å². The number of sulfonamides is 1. The molecule has 246 valence electrons. The summed E-state index contributed by atoms with van der Waals surface area (Å²) in [5, 5.41) is 3.15. The maximum atomic E-state index is 14.6. The third-order valence-corrected chi connectivity index (χ3v) is 10.3. The van der Waals surface area contributed by atoms with E-state index in [1.807, 2.05) is 37.3 Å². The number of ether oxygens (including phenoxy) is 1. The van der Waals surface area contributed by atoms with Crippen molar-refractivity contribution in [3.63, 3.8) is 0 Å². The Morgan fingerprint density at radius 1 is 0.894 bits per heavy atom. The summed E-state index contributed by atoms with van der Waals surface area (Å²) in [6, 6.07) is 27.0. The predicted molar refractivity (Wildman–Crippen MR) is 180 cm³/mol. The van der Waals surface area contributed by atoms with E-state index < -0.39 is 34.3 Å². The van der Waals surface area contributed by atoms with Crippen LogP contribution in [0, 0.1) is 12.7 Å². The first-order chi connectivity index (χ1) is 22.6. The third-order valence-electron chi connectivity index (χ3n) is 8.47. The maximum Gasteiger partial charge on any atom is 0.264 e. The Morgan fingerprint density at radius 3 is 2.23 bits per heavy atom. The van der Waals surface area contributed by atoms with Crippen LogP contribution in [-0.2, 0) is 32.6 Å². The molecule has 10 heteroatoms. The van der Waals surface area contributed by atoms with Gasteiger partial charge in [0.2, 0.25) is 11.8 Å². The molecule has 1 N–H and O–H groups in total. The molecule has 1 aliphatic carbocycles. The molecule has 0 saturated heterocycles. The average Bonchev–Trinajstić information content (AvgIpc) is 3.59. The van der Waals surface area contributed by atoms with Gasteiger partial charge in [0.05, 0.1) is 17.7 Å². The Kier molecular flexibility index (Phi) is 10.9. The van der Waals surface area contributed by atoms with E-state index in [-0.39, 0.29) is 35.5 Å². The summed E-state index contributed by atoms with van der Waals surface area (Å²) in [5.74, 6) is -0.916. The average molecular weight is 658 g/mol. The molecule has 1 saturated carbocycles. The normalized spacial score (nSPS) is 13.9. The largest absolute Gasteiger partial charge is 0.497 e. The zero-order valence-corrected chi connectivity index (χ0v) is 27.5. The van der Waals surface area contributed by atoms with Gasteiger partial charge in [0.15, 0.2) is 0 Å². The third kappa shape index (κ3) is 8.56. The van der Waals surface area contributed by atoms with Gasteiger partial charge in [-0.05, 0) is 67.3 Å². The molecular weight excluding hydrogens is 617 g/mol. The molecule has 0 spiro atoms. The van der Waals surface area contributed by atoms with Crippen molar-refractivity contribution in [1.82, 2.24) is 10.2 Å². The molecule has 0 aromatic heterocycles. The number of hydrogen-bond donors (Lipinski definition) is 1. The summed E-state index contributed by atoms with van der Waals surface area (Å²) < 4.78 is 48.8. The standard InChI is InChI=1S/C37H40FN3O5S/c1-27-15-21-34(22-16-27)47(44,45)41(32-13-8-14-33(24-32)46-2)26-36(42)40(25-29-17-19-30(38)20-18-29)35(23-28-9-4-3-5-10-28)37(43)39-31-11-6-7-12-31/h3-5,8-10,13-22,24,31,35H,6-7,11-12,23,25-26H2,1-2H3,(H,39,43)/t35-/m1/s1. The lowest BCUT2D eigenvalue weighted by Crippen LogP contribution is -2.54. The van der Waals surface area contributed by atoms with Crippen LogP contribution in [0.4, 0.5) is 10.1 Å². The van der Waals surface area contributed by atoms with Crippen molar-refractivity contribution in [2.24, 2.45) is 0 Å². The molecule has 1 atom stereocenters. The van der Waals surface area contributed by atoms with Crippen molar-refractivity contribution in [3.8, 4) is 5.75 Å². The highest BCUT2D eigenvalue weighted by molar-refractivity contribution is 7.92. The van der Waals surface area contributed by atoms with Crippen molar-refractivity contribution in [1.29, 1.82) is 0 Å². The monoisotopic (exact) mass is 657 g/mol. The number of benzene rings is 4. The fraction of sp³-hybridized carbons (Fsp3) is 0.297. The Balaban J connectivity index is 1.57. The van der Waals surface area contributed by atoms with E-state index in [9.17, 15) is 22.4 Å². The summed E-state index contributed by atoms with van der Waals surface area (Å²) in [6.45, 7) is 1.23. The van der Waals surface area contributed by atoms with Crippen LogP contribution in [0.25, 0.3) is 0 Å². The van der Waals surface area contributed by atoms with Crippen LogP contribution in [0.1, 0.15) is 42.4 Å². The quantitative estimate of drug-likeness (QED) is 0.189. The van der Waals surface area contributed by atoms with Crippen LogP contribution in [-0.4, -0.2) is 50.9 Å². The Hall–Kier alpha value is -4.70. The Labute approximate surface area is 276 Å². The van der Waals surface area contributed by atoms with Gasteiger partial charge < -0.3 is 15.0 Å². The highest BCUT2D eigenvalue weighted by Crippen LogP contribution is 2.28. The Bertz CT molecular complexity index is 1760. The SMILES string of the molecule is COc1cccc(N(CC(=O)N(Cc2ccc(F)cc2)[C@H](Cc2ccccc2)C(=O)NC2CCCC2)S(=O)(=O)c2ccc(C)cc2)c1. The van der Waals surface area contributed by atoms with Crippen LogP contribution in [0.2, 0.25) is 0 Å². The topological polar surface area (TPSA) is 96.0 Å². The van der Waals surface area contributed by atoms with E-state index in [1.165, 1.54) is 36.3 Å². The van der Waals surface area contributed by atoms with Crippen LogP contribution >= 0.6 is 0 Å². The van der Waals surface area contributed by atoms with Crippen molar-refractivity contribution in [2.75, 3.05) is 18.0 Å². The molecule has 4 aromatic carbocycles. The summed E-state index contributed by atoms with van der Waals surface area (Å²) >= 11 is 0. The number of methoxy groups -OCH3 is 1. The molecule has 1 fully saturated rings. The minimum atomic E-state index is -4.25. The van der Waals surface area contributed by atoms with Gasteiger partial charge in [0.1, 0.15) is 24.2 Å². The fourth-order valence-corrected chi connectivity index (χ4v) is 7.25. The lowest BCUT2D eigenvalue weighted by Gasteiger charge is -2.34. The molecule has 0 radical (unpaired) electrons. The molecule has 0 heterocycles. The number of rotatable bonds is 13. The van der Waals surface area contributed by atoms with Crippen LogP contribution < -0.4 is 14.4 Å². The molecular formula is C37H40FN3O5S. The number of amides is 2. The molecule has 4 aromatic rings. The molecule has 1 aliphatic rings. The summed E-state index contributed by atoms with van der Waals surface area (Å²) in [5.41, 5.74) is 2.55. The minimum absolute atomic E-state index is 0.00116. The van der Waals surface area contributed by atoms with Gasteiger partial charge in [-0.3, -0.25) is 13.9 Å². The molecule has 0 aliphatic heterocycles. The number of carbonyl (C=O) groups is 2. The predicted octanol–water partition coefficient (Wildman–Crippen LogP) is 6.04. The first-order valence-electron chi connectivity index (χ1n) is 15.8. The molecule has 5 rings (SSSR count). The second kappa shape index (κ2) is 15.3. The van der Waals surface area contributed by atoms with E-state index in [1.54, 1.807) is 48.5 Å². The molecule has 8 nitrogen and oxygen atoms in total. The number of halogens is 1. The molecule has 47 heavy (non-hydrogen) atoms. The maximum absolute atomic E-state index is 14.6. The van der Waals surface area contributed by atoms with Crippen molar-refractivity contribution in [3.05, 3.63) is 126 Å². The van der Waals surface area contributed by atoms with Gasteiger partial charge in [-0.25, -0.2) is 12.8 Å². The second-order valence-corrected chi connectivity index (χ2v) is 13.7. The zero-order valence-electron chi connectivity index (χ0n) is 26.6. The fourth-order valence-electron chi connectivity index (χ4n) is 5.84. The van der Waals surface area contributed by atoms with E-state index in [2.05, 4.69) is 5.32 Å². The summed E-state index contributed by atoms with van der Waals surface area (Å²) in [4.78, 5) is 30.1. The Morgan fingerprint density at radius 2 is 1.57 bits per heavy atom. The number of nitrogens with zero attached hydrogens (tertiary/aromatic N) is 2. The highest BCUT2D eigenvalue weighted by Gasteiger charge is 2.35. The lowest BCUT2D eigenvalue weighted by atomic mass is 10.0. The lowest BCUT2D eigenvalue weighted by molar-refractivity contribution is -0.140. The van der Waals surface area contributed by atoms with Crippen molar-refractivity contribution < 1.29 is 27.1 Å². The van der Waals surface area contributed by atoms with Gasteiger partial charge in [-0.2, -0.15) is 0 Å². The molecule has 0 unspecified atom stereocenters. The number of aryl methyl sites for hydroxylation is 1. The van der Waals surface area contributed by atoms with Gasteiger partial charge in [0, 0.05) is 25.1 Å². The van der Waals surface area contributed by atoms with Crippen LogP contribution in [0.3, 0.4) is 0 Å². The number of carbonyl (C=O) groups excluding carboxylic acids is 2. The highest BCUT2D eigenvalue weighted by atomic mass is 32.2.